The van der Waals surface area contributed by atoms with Crippen LogP contribution in [0.4, 0.5) is 11.5 Å². The molecule has 0 spiro atoms. The molecular weight excluding hydrogens is 485 g/mol. The number of aromatic amines is 1. The summed E-state index contributed by atoms with van der Waals surface area (Å²) < 4.78 is 5.21. The summed E-state index contributed by atoms with van der Waals surface area (Å²) in [7, 11) is 1.64. The van der Waals surface area contributed by atoms with E-state index in [0.29, 0.717) is 38.3 Å². The molecule has 3 heterocycles. The first-order valence-corrected chi connectivity index (χ1v) is 12.0. The molecule has 2 aromatic heterocycles. The van der Waals surface area contributed by atoms with Crippen molar-refractivity contribution in [3.63, 3.8) is 0 Å². The lowest BCUT2D eigenvalue weighted by atomic mass is 9.79. The van der Waals surface area contributed by atoms with Crippen molar-refractivity contribution in [1.29, 1.82) is 5.41 Å². The molecule has 5 rings (SSSR count). The number of benzene rings is 2. The van der Waals surface area contributed by atoms with E-state index in [-0.39, 0.29) is 5.41 Å². The SMILES string of the molecule is COc1ccc(NC(=N)C2(C)CCN(c3cnc4c(-c5cccc(Cl)c5Cl)n[nH]c4n3)CC2)cc1. The highest BCUT2D eigenvalue weighted by Crippen LogP contribution is 2.37. The maximum absolute atomic E-state index is 8.69. The lowest BCUT2D eigenvalue weighted by molar-refractivity contribution is 0.352. The number of ether oxygens (including phenoxy) is 1. The minimum Gasteiger partial charge on any atom is -0.497 e. The predicted octanol–water partition coefficient (Wildman–Crippen LogP) is 6.03. The normalized spacial score (nSPS) is 15.3. The number of methoxy groups -OCH3 is 1. The average molecular weight is 510 g/mol. The van der Waals surface area contributed by atoms with Crippen molar-refractivity contribution < 1.29 is 4.74 Å². The summed E-state index contributed by atoms with van der Waals surface area (Å²) in [6, 6.07) is 13.0. The third-order valence-corrected chi connectivity index (χ3v) is 7.44. The van der Waals surface area contributed by atoms with Gasteiger partial charge in [0.2, 0.25) is 0 Å². The molecule has 180 valence electrons. The molecule has 10 heteroatoms. The number of fused-ring (bicyclic) bond motifs is 1. The summed E-state index contributed by atoms with van der Waals surface area (Å²) in [6.45, 7) is 3.67. The molecule has 0 saturated carbocycles. The van der Waals surface area contributed by atoms with Gasteiger partial charge in [-0.05, 0) is 43.2 Å². The van der Waals surface area contributed by atoms with Crippen LogP contribution in [0.1, 0.15) is 19.8 Å². The lowest BCUT2D eigenvalue weighted by Crippen LogP contribution is -2.45. The van der Waals surface area contributed by atoms with Crippen LogP contribution >= 0.6 is 23.2 Å². The van der Waals surface area contributed by atoms with Crippen LogP contribution in [0.2, 0.25) is 10.0 Å². The molecule has 4 aromatic rings. The van der Waals surface area contributed by atoms with Crippen LogP contribution in [-0.4, -0.2) is 46.2 Å². The highest BCUT2D eigenvalue weighted by molar-refractivity contribution is 6.43. The zero-order chi connectivity index (χ0) is 24.6. The number of halogens is 2. The van der Waals surface area contributed by atoms with Gasteiger partial charge < -0.3 is 15.0 Å². The van der Waals surface area contributed by atoms with Gasteiger partial charge in [0, 0.05) is 29.8 Å². The van der Waals surface area contributed by atoms with E-state index >= 15 is 0 Å². The van der Waals surface area contributed by atoms with Crippen LogP contribution in [0.3, 0.4) is 0 Å². The molecule has 0 atom stereocenters. The Labute approximate surface area is 213 Å². The molecule has 1 fully saturated rings. The van der Waals surface area contributed by atoms with Crippen molar-refractivity contribution in [3.05, 3.63) is 58.7 Å². The van der Waals surface area contributed by atoms with E-state index in [0.717, 1.165) is 43.2 Å². The zero-order valence-corrected chi connectivity index (χ0v) is 20.9. The van der Waals surface area contributed by atoms with E-state index in [1.165, 1.54) is 0 Å². The number of rotatable bonds is 5. The van der Waals surface area contributed by atoms with E-state index in [1.807, 2.05) is 36.4 Å². The van der Waals surface area contributed by atoms with Crippen molar-refractivity contribution in [2.45, 2.75) is 19.8 Å². The van der Waals surface area contributed by atoms with Crippen molar-refractivity contribution in [3.8, 4) is 17.0 Å². The fourth-order valence-electron chi connectivity index (χ4n) is 4.27. The Bertz CT molecular complexity index is 1380. The van der Waals surface area contributed by atoms with Crippen molar-refractivity contribution >= 4 is 51.7 Å². The molecule has 0 bridgehead atoms. The molecule has 0 amide bonds. The third-order valence-electron chi connectivity index (χ3n) is 6.62. The first-order valence-electron chi connectivity index (χ1n) is 11.3. The smallest absolute Gasteiger partial charge is 0.177 e. The van der Waals surface area contributed by atoms with Crippen LogP contribution in [-0.2, 0) is 0 Å². The molecule has 2 aromatic carbocycles. The highest BCUT2D eigenvalue weighted by atomic mass is 35.5. The van der Waals surface area contributed by atoms with Crippen molar-refractivity contribution in [2.24, 2.45) is 5.41 Å². The Morgan fingerprint density at radius 1 is 1.14 bits per heavy atom. The Balaban J connectivity index is 1.29. The molecule has 0 unspecified atom stereocenters. The third kappa shape index (κ3) is 4.51. The first kappa shape index (κ1) is 23.4. The van der Waals surface area contributed by atoms with Gasteiger partial charge in [0.15, 0.2) is 5.65 Å². The molecule has 0 aliphatic carbocycles. The summed E-state index contributed by atoms with van der Waals surface area (Å²) in [6.07, 6.45) is 3.41. The number of hydrogen-bond acceptors (Lipinski definition) is 6. The molecular formula is C25H25Cl2N7O. The Morgan fingerprint density at radius 3 is 2.60 bits per heavy atom. The highest BCUT2D eigenvalue weighted by Gasteiger charge is 2.35. The summed E-state index contributed by atoms with van der Waals surface area (Å²) in [4.78, 5) is 11.6. The van der Waals surface area contributed by atoms with Crippen molar-refractivity contribution in [1.82, 2.24) is 20.2 Å². The number of amidine groups is 1. The molecule has 0 radical (unpaired) electrons. The summed E-state index contributed by atoms with van der Waals surface area (Å²) >= 11 is 12.6. The van der Waals surface area contributed by atoms with Gasteiger partial charge in [-0.2, -0.15) is 5.10 Å². The van der Waals surface area contributed by atoms with E-state index in [4.69, 9.17) is 38.3 Å². The summed E-state index contributed by atoms with van der Waals surface area (Å²) in [5.74, 6) is 2.08. The fourth-order valence-corrected chi connectivity index (χ4v) is 4.66. The van der Waals surface area contributed by atoms with E-state index in [1.54, 1.807) is 19.4 Å². The molecule has 1 aliphatic rings. The Morgan fingerprint density at radius 2 is 1.89 bits per heavy atom. The van der Waals surface area contributed by atoms with Crippen LogP contribution in [0.25, 0.3) is 22.4 Å². The lowest BCUT2D eigenvalue weighted by Gasteiger charge is -2.40. The first-order chi connectivity index (χ1) is 16.9. The van der Waals surface area contributed by atoms with Gasteiger partial charge in [0.1, 0.15) is 28.6 Å². The van der Waals surface area contributed by atoms with Gasteiger partial charge in [-0.15, -0.1) is 0 Å². The second-order valence-electron chi connectivity index (χ2n) is 8.88. The molecule has 1 aliphatic heterocycles. The largest absolute Gasteiger partial charge is 0.497 e. The monoisotopic (exact) mass is 509 g/mol. The number of H-pyrrole nitrogens is 1. The van der Waals surface area contributed by atoms with E-state index in [9.17, 15) is 0 Å². The maximum atomic E-state index is 8.69. The van der Waals surface area contributed by atoms with Crippen molar-refractivity contribution in [2.75, 3.05) is 30.4 Å². The topological polar surface area (TPSA) is 103 Å². The molecule has 1 saturated heterocycles. The maximum Gasteiger partial charge on any atom is 0.177 e. The van der Waals surface area contributed by atoms with Gasteiger partial charge in [-0.3, -0.25) is 10.5 Å². The van der Waals surface area contributed by atoms with Crippen LogP contribution < -0.4 is 15.0 Å². The van der Waals surface area contributed by atoms with Gasteiger partial charge in [-0.25, -0.2) is 9.97 Å². The second-order valence-corrected chi connectivity index (χ2v) is 9.66. The van der Waals surface area contributed by atoms with Gasteiger partial charge in [0.25, 0.3) is 0 Å². The predicted molar refractivity (Wildman–Crippen MR) is 141 cm³/mol. The average Bonchev–Trinajstić information content (AvgIpc) is 3.29. The minimum atomic E-state index is -0.252. The zero-order valence-electron chi connectivity index (χ0n) is 19.4. The number of anilines is 2. The minimum absolute atomic E-state index is 0.252. The number of piperidine rings is 1. The molecule has 35 heavy (non-hydrogen) atoms. The van der Waals surface area contributed by atoms with E-state index in [2.05, 4.69) is 32.3 Å². The quantitative estimate of drug-likeness (QED) is 0.224. The number of aromatic nitrogens is 4. The second kappa shape index (κ2) is 9.36. The Hall–Kier alpha value is -3.36. The number of nitrogens with one attached hydrogen (secondary N) is 3. The van der Waals surface area contributed by atoms with Crippen LogP contribution in [0.15, 0.2) is 48.7 Å². The fraction of sp³-hybridized carbons (Fsp3) is 0.280. The summed E-state index contributed by atoms with van der Waals surface area (Å²) in [5.41, 5.74) is 3.20. The van der Waals surface area contributed by atoms with E-state index < -0.39 is 0 Å². The number of nitrogens with zero attached hydrogens (tertiary/aromatic N) is 4. The van der Waals surface area contributed by atoms with Gasteiger partial charge in [0.05, 0.1) is 23.4 Å². The molecule has 3 N–H and O–H groups in total. The summed E-state index contributed by atoms with van der Waals surface area (Å²) in [5, 5.41) is 20.2. The van der Waals surface area contributed by atoms with Crippen LogP contribution in [0, 0.1) is 10.8 Å². The van der Waals surface area contributed by atoms with Gasteiger partial charge in [-0.1, -0.05) is 42.3 Å². The number of hydrogen-bond donors (Lipinski definition) is 3. The van der Waals surface area contributed by atoms with Crippen LogP contribution in [0.5, 0.6) is 5.75 Å². The Kier molecular flexibility index (Phi) is 6.25. The standard InChI is InChI=1S/C25H25Cl2N7O/c1-25(24(28)30-15-6-8-16(35-2)9-7-15)10-12-34(13-11-25)19-14-29-22-21(32-33-23(22)31-19)17-4-3-5-18(26)20(17)27/h3-9,14H,10-13H2,1-2H3,(H2,28,30)(H,31,32,33). The van der Waals surface area contributed by atoms with Gasteiger partial charge >= 0.3 is 0 Å². The molecule has 8 nitrogen and oxygen atoms in total.